The van der Waals surface area contributed by atoms with Crippen LogP contribution in [0, 0.1) is 0 Å². The molecule has 0 saturated heterocycles. The fourth-order valence-electron chi connectivity index (χ4n) is 2.07. The second-order valence-corrected chi connectivity index (χ2v) is 6.36. The summed E-state index contributed by atoms with van der Waals surface area (Å²) in [6.07, 6.45) is 2.50. The van der Waals surface area contributed by atoms with Gasteiger partial charge in [-0.1, -0.05) is 19.1 Å². The molecule has 0 amide bonds. The summed E-state index contributed by atoms with van der Waals surface area (Å²) < 4.78 is 1.19. The van der Waals surface area contributed by atoms with Crippen molar-refractivity contribution in [2.45, 2.75) is 38.7 Å². The second-order valence-electron chi connectivity index (χ2n) is 5.25. The monoisotopic (exact) mass is 278 g/mol. The van der Waals surface area contributed by atoms with Crippen LogP contribution in [0.25, 0.3) is 10.2 Å². The third-order valence-corrected chi connectivity index (χ3v) is 4.17. The molecule has 1 aromatic carbocycles. The third-order valence-electron chi connectivity index (χ3n) is 3.14. The molecule has 4 heteroatoms. The lowest BCUT2D eigenvalue weighted by Crippen LogP contribution is -2.32. The Hall–Kier alpha value is -0.970. The van der Waals surface area contributed by atoms with Gasteiger partial charge in [-0.25, -0.2) is 4.98 Å². The van der Waals surface area contributed by atoms with E-state index in [9.17, 15) is 5.11 Å². The summed E-state index contributed by atoms with van der Waals surface area (Å²) in [5.74, 6) is 0. The van der Waals surface area contributed by atoms with Crippen molar-refractivity contribution in [1.29, 1.82) is 0 Å². The lowest BCUT2D eigenvalue weighted by molar-refractivity contribution is 0.0516. The van der Waals surface area contributed by atoms with Gasteiger partial charge in [0.25, 0.3) is 0 Å². The first-order valence-corrected chi connectivity index (χ1v) is 7.70. The number of aliphatic hydroxyl groups is 1. The molecule has 1 atom stereocenters. The van der Waals surface area contributed by atoms with Crippen LogP contribution in [0.2, 0.25) is 0 Å². The highest BCUT2D eigenvalue weighted by Crippen LogP contribution is 2.25. The quantitative estimate of drug-likeness (QED) is 0.765. The molecule has 0 spiro atoms. The number of hydrogen-bond donors (Lipinski definition) is 2. The third kappa shape index (κ3) is 4.27. The van der Waals surface area contributed by atoms with Crippen LogP contribution in [0.15, 0.2) is 24.3 Å². The molecule has 2 N–H and O–H groups in total. The highest BCUT2D eigenvalue weighted by Gasteiger charge is 2.22. The minimum atomic E-state index is -0.686. The maximum Gasteiger partial charge on any atom is 0.0967 e. The summed E-state index contributed by atoms with van der Waals surface area (Å²) >= 11 is 1.68. The Balaban J connectivity index is 1.94. The number of thiazole rings is 1. The summed E-state index contributed by atoms with van der Waals surface area (Å²) in [4.78, 5) is 4.58. The van der Waals surface area contributed by atoms with E-state index in [1.165, 1.54) is 4.70 Å². The van der Waals surface area contributed by atoms with Crippen molar-refractivity contribution in [2.75, 3.05) is 13.1 Å². The SMILES string of the molecule is CCCNCCC(C)(O)Cc1nc2ccccc2s1. The van der Waals surface area contributed by atoms with Gasteiger partial charge < -0.3 is 10.4 Å². The van der Waals surface area contributed by atoms with Crippen molar-refractivity contribution in [2.24, 2.45) is 0 Å². The fourth-order valence-corrected chi connectivity index (χ4v) is 3.21. The van der Waals surface area contributed by atoms with Crippen molar-refractivity contribution >= 4 is 21.6 Å². The van der Waals surface area contributed by atoms with Crippen molar-refractivity contribution in [3.05, 3.63) is 29.3 Å². The van der Waals surface area contributed by atoms with Crippen molar-refractivity contribution in [1.82, 2.24) is 10.3 Å². The molecule has 2 aromatic rings. The molecule has 1 aromatic heterocycles. The Morgan fingerprint density at radius 3 is 2.84 bits per heavy atom. The zero-order valence-electron chi connectivity index (χ0n) is 11.6. The van der Waals surface area contributed by atoms with Gasteiger partial charge in [0.05, 0.1) is 20.8 Å². The van der Waals surface area contributed by atoms with E-state index in [4.69, 9.17) is 0 Å². The van der Waals surface area contributed by atoms with Crippen LogP contribution >= 0.6 is 11.3 Å². The Bertz CT molecular complexity index is 489. The van der Waals surface area contributed by atoms with Crippen molar-refractivity contribution < 1.29 is 5.11 Å². The van der Waals surface area contributed by atoms with Gasteiger partial charge >= 0.3 is 0 Å². The summed E-state index contributed by atoms with van der Waals surface area (Å²) in [7, 11) is 0. The van der Waals surface area contributed by atoms with Crippen LogP contribution in [0.5, 0.6) is 0 Å². The van der Waals surface area contributed by atoms with E-state index in [1.54, 1.807) is 11.3 Å². The molecule has 0 aliphatic carbocycles. The van der Waals surface area contributed by atoms with Gasteiger partial charge in [-0.05, 0) is 45.0 Å². The average molecular weight is 278 g/mol. The number of nitrogens with zero attached hydrogens (tertiary/aromatic N) is 1. The van der Waals surface area contributed by atoms with Gasteiger partial charge in [0.2, 0.25) is 0 Å². The van der Waals surface area contributed by atoms with E-state index in [0.29, 0.717) is 6.42 Å². The molecule has 0 aliphatic heterocycles. The number of nitrogens with one attached hydrogen (secondary N) is 1. The minimum absolute atomic E-state index is 0.625. The number of hydrogen-bond acceptors (Lipinski definition) is 4. The van der Waals surface area contributed by atoms with Crippen LogP contribution in [0.3, 0.4) is 0 Å². The summed E-state index contributed by atoms with van der Waals surface area (Å²) in [6, 6.07) is 8.12. The minimum Gasteiger partial charge on any atom is -0.390 e. The van der Waals surface area contributed by atoms with Crippen LogP contribution in [0.1, 0.15) is 31.7 Å². The highest BCUT2D eigenvalue weighted by atomic mass is 32.1. The van der Waals surface area contributed by atoms with Gasteiger partial charge in [0.15, 0.2) is 0 Å². The van der Waals surface area contributed by atoms with Gasteiger partial charge in [-0.3, -0.25) is 0 Å². The standard InChI is InChI=1S/C15H22N2OS/c1-3-9-16-10-8-15(2,18)11-14-17-12-6-4-5-7-13(12)19-14/h4-7,16,18H,3,8-11H2,1-2H3. The number of rotatable bonds is 7. The number of para-hydroxylation sites is 1. The molecular formula is C15H22N2OS. The van der Waals surface area contributed by atoms with E-state index in [-0.39, 0.29) is 0 Å². The smallest absolute Gasteiger partial charge is 0.0967 e. The summed E-state index contributed by atoms with van der Waals surface area (Å²) in [5, 5.41) is 14.8. The first-order chi connectivity index (χ1) is 9.11. The van der Waals surface area contributed by atoms with Crippen LogP contribution in [0.4, 0.5) is 0 Å². The Morgan fingerprint density at radius 1 is 1.32 bits per heavy atom. The van der Waals surface area contributed by atoms with Gasteiger partial charge in [-0.2, -0.15) is 0 Å². The van der Waals surface area contributed by atoms with E-state index in [1.807, 2.05) is 25.1 Å². The number of benzene rings is 1. The van der Waals surface area contributed by atoms with Crippen molar-refractivity contribution in [3.8, 4) is 0 Å². The molecule has 1 unspecified atom stereocenters. The molecule has 0 bridgehead atoms. The molecule has 0 fully saturated rings. The Labute approximate surface area is 118 Å². The Kier molecular flexibility index (Phi) is 4.91. The molecule has 3 nitrogen and oxygen atoms in total. The predicted molar refractivity (Wildman–Crippen MR) is 81.7 cm³/mol. The maximum absolute atomic E-state index is 10.4. The molecule has 19 heavy (non-hydrogen) atoms. The normalized spacial score (nSPS) is 14.7. The van der Waals surface area contributed by atoms with E-state index in [2.05, 4.69) is 23.3 Å². The lowest BCUT2D eigenvalue weighted by Gasteiger charge is -2.22. The molecular weight excluding hydrogens is 256 g/mol. The second kappa shape index (κ2) is 6.46. The zero-order valence-corrected chi connectivity index (χ0v) is 12.5. The Morgan fingerprint density at radius 2 is 2.11 bits per heavy atom. The topological polar surface area (TPSA) is 45.1 Å². The highest BCUT2D eigenvalue weighted by molar-refractivity contribution is 7.18. The van der Waals surface area contributed by atoms with Gasteiger partial charge in [0, 0.05) is 6.42 Å². The van der Waals surface area contributed by atoms with Gasteiger partial charge in [0.1, 0.15) is 0 Å². The largest absolute Gasteiger partial charge is 0.390 e. The molecule has 0 saturated carbocycles. The zero-order chi connectivity index (χ0) is 13.7. The molecule has 1 heterocycles. The average Bonchev–Trinajstić information content (AvgIpc) is 2.75. The molecule has 2 rings (SSSR count). The lowest BCUT2D eigenvalue weighted by atomic mass is 9.98. The van der Waals surface area contributed by atoms with Crippen LogP contribution in [-0.4, -0.2) is 28.8 Å². The molecule has 0 aliphatic rings. The van der Waals surface area contributed by atoms with E-state index in [0.717, 1.165) is 36.5 Å². The maximum atomic E-state index is 10.4. The predicted octanol–water partition coefficient (Wildman–Crippen LogP) is 2.98. The summed E-state index contributed by atoms with van der Waals surface area (Å²) in [6.45, 7) is 5.90. The number of aromatic nitrogens is 1. The molecule has 104 valence electrons. The van der Waals surface area contributed by atoms with E-state index < -0.39 is 5.60 Å². The number of fused-ring (bicyclic) bond motifs is 1. The van der Waals surface area contributed by atoms with Crippen LogP contribution in [-0.2, 0) is 6.42 Å². The first kappa shape index (κ1) is 14.4. The van der Waals surface area contributed by atoms with Crippen LogP contribution < -0.4 is 5.32 Å². The first-order valence-electron chi connectivity index (χ1n) is 6.88. The molecule has 0 radical (unpaired) electrons. The van der Waals surface area contributed by atoms with E-state index >= 15 is 0 Å². The van der Waals surface area contributed by atoms with Crippen molar-refractivity contribution in [3.63, 3.8) is 0 Å². The fraction of sp³-hybridized carbons (Fsp3) is 0.533. The summed E-state index contributed by atoms with van der Waals surface area (Å²) in [5.41, 5.74) is 0.344. The van der Waals surface area contributed by atoms with Gasteiger partial charge in [-0.15, -0.1) is 11.3 Å².